The highest BCUT2D eigenvalue weighted by Gasteiger charge is 2.22. The number of methoxy groups -OCH3 is 4. The van der Waals surface area contributed by atoms with Gasteiger partial charge in [0.25, 0.3) is 0 Å². The number of hydrogen-bond acceptors (Lipinski definition) is 7. The summed E-state index contributed by atoms with van der Waals surface area (Å²) in [7, 11) is 5.68. The summed E-state index contributed by atoms with van der Waals surface area (Å²) in [4.78, 5) is 24.4. The lowest BCUT2D eigenvalue weighted by Crippen LogP contribution is -2.10. The zero-order chi connectivity index (χ0) is 20.4. The SMILES string of the molecule is COc1ccc(-c2oc3cc(C(=O)O)cc(OC)c3c(=O)c2OC)cc1OC. The minimum atomic E-state index is -1.17. The van der Waals surface area contributed by atoms with Crippen molar-refractivity contribution >= 4 is 16.9 Å². The summed E-state index contributed by atoms with van der Waals surface area (Å²) >= 11 is 0. The van der Waals surface area contributed by atoms with E-state index in [0.717, 1.165) is 0 Å². The molecular formula is C20H18O8. The average Bonchev–Trinajstić information content (AvgIpc) is 2.71. The van der Waals surface area contributed by atoms with Gasteiger partial charge in [-0.2, -0.15) is 0 Å². The van der Waals surface area contributed by atoms with Crippen LogP contribution in [0.25, 0.3) is 22.3 Å². The Morgan fingerprint density at radius 3 is 2.14 bits per heavy atom. The summed E-state index contributed by atoms with van der Waals surface area (Å²) in [6.07, 6.45) is 0. The first-order valence-electron chi connectivity index (χ1n) is 8.13. The van der Waals surface area contributed by atoms with E-state index >= 15 is 0 Å². The molecule has 0 atom stereocenters. The van der Waals surface area contributed by atoms with Crippen LogP contribution in [-0.2, 0) is 0 Å². The number of carbonyl (C=O) groups is 1. The molecule has 8 heteroatoms. The van der Waals surface area contributed by atoms with Gasteiger partial charge in [-0.1, -0.05) is 0 Å². The van der Waals surface area contributed by atoms with E-state index in [0.29, 0.717) is 17.1 Å². The van der Waals surface area contributed by atoms with Gasteiger partial charge in [-0.15, -0.1) is 0 Å². The van der Waals surface area contributed by atoms with Gasteiger partial charge < -0.3 is 28.5 Å². The summed E-state index contributed by atoms with van der Waals surface area (Å²) < 4.78 is 26.9. The second-order valence-electron chi connectivity index (χ2n) is 5.72. The predicted molar refractivity (Wildman–Crippen MR) is 101 cm³/mol. The fraction of sp³-hybridized carbons (Fsp3) is 0.200. The van der Waals surface area contributed by atoms with Crippen molar-refractivity contribution < 1.29 is 33.3 Å². The number of carboxylic acid groups (broad SMARTS) is 1. The molecule has 0 saturated carbocycles. The summed E-state index contributed by atoms with van der Waals surface area (Å²) in [5, 5.41) is 9.41. The van der Waals surface area contributed by atoms with Crippen LogP contribution < -0.4 is 24.4 Å². The standard InChI is InChI=1S/C20H18O8/c1-24-12-6-5-10(7-13(12)25-2)18-19(27-4)17(21)16-14(26-3)8-11(20(22)23)9-15(16)28-18/h5-9H,1-4H3,(H,22,23). The van der Waals surface area contributed by atoms with Crippen molar-refractivity contribution in [1.82, 2.24) is 0 Å². The number of carboxylic acids is 1. The molecule has 1 heterocycles. The number of ether oxygens (including phenoxy) is 4. The third-order valence-electron chi connectivity index (χ3n) is 4.23. The van der Waals surface area contributed by atoms with Gasteiger partial charge in [-0.25, -0.2) is 4.79 Å². The molecule has 1 aromatic heterocycles. The molecule has 0 unspecified atom stereocenters. The summed E-state index contributed by atoms with van der Waals surface area (Å²) in [6.45, 7) is 0. The third-order valence-corrected chi connectivity index (χ3v) is 4.23. The monoisotopic (exact) mass is 386 g/mol. The average molecular weight is 386 g/mol. The van der Waals surface area contributed by atoms with Gasteiger partial charge in [0.15, 0.2) is 17.3 Å². The molecule has 8 nitrogen and oxygen atoms in total. The zero-order valence-electron chi connectivity index (χ0n) is 15.7. The van der Waals surface area contributed by atoms with Gasteiger partial charge in [-0.3, -0.25) is 4.79 Å². The van der Waals surface area contributed by atoms with E-state index in [1.54, 1.807) is 18.2 Å². The summed E-state index contributed by atoms with van der Waals surface area (Å²) in [5.41, 5.74) is -0.00113. The van der Waals surface area contributed by atoms with Gasteiger partial charge in [-0.05, 0) is 30.3 Å². The van der Waals surface area contributed by atoms with Crippen LogP contribution >= 0.6 is 0 Å². The molecule has 146 valence electrons. The highest BCUT2D eigenvalue weighted by molar-refractivity contribution is 5.96. The molecule has 0 amide bonds. The second kappa shape index (κ2) is 7.51. The van der Waals surface area contributed by atoms with E-state index in [2.05, 4.69) is 0 Å². The summed E-state index contributed by atoms with van der Waals surface area (Å²) in [5.74, 6) is -0.0661. The van der Waals surface area contributed by atoms with E-state index < -0.39 is 11.4 Å². The highest BCUT2D eigenvalue weighted by atomic mass is 16.5. The molecule has 3 rings (SSSR count). The summed E-state index contributed by atoms with van der Waals surface area (Å²) in [6, 6.07) is 7.49. The first-order valence-corrected chi connectivity index (χ1v) is 8.13. The molecule has 0 aliphatic carbocycles. The molecule has 0 saturated heterocycles. The Balaban J connectivity index is 2.37. The second-order valence-corrected chi connectivity index (χ2v) is 5.72. The molecule has 28 heavy (non-hydrogen) atoms. The Morgan fingerprint density at radius 2 is 1.57 bits per heavy atom. The number of aromatic carboxylic acids is 1. The lowest BCUT2D eigenvalue weighted by Gasteiger charge is -2.13. The maximum absolute atomic E-state index is 13.0. The van der Waals surface area contributed by atoms with E-state index in [9.17, 15) is 14.7 Å². The normalized spacial score (nSPS) is 10.6. The quantitative estimate of drug-likeness (QED) is 0.689. The Bertz CT molecular complexity index is 1110. The minimum absolute atomic E-state index is 0.0407. The van der Waals surface area contributed by atoms with Crippen LogP contribution in [0, 0.1) is 0 Å². The van der Waals surface area contributed by atoms with Gasteiger partial charge >= 0.3 is 5.97 Å². The van der Waals surface area contributed by atoms with Crippen molar-refractivity contribution in [1.29, 1.82) is 0 Å². The van der Waals surface area contributed by atoms with E-state index in [-0.39, 0.29) is 33.8 Å². The molecule has 0 fully saturated rings. The third kappa shape index (κ3) is 3.09. The molecule has 1 N–H and O–H groups in total. The van der Waals surface area contributed by atoms with Crippen molar-refractivity contribution in [3.63, 3.8) is 0 Å². The van der Waals surface area contributed by atoms with Crippen molar-refractivity contribution in [3.8, 4) is 34.3 Å². The van der Waals surface area contributed by atoms with Gasteiger partial charge in [0.1, 0.15) is 16.7 Å². The lowest BCUT2D eigenvalue weighted by atomic mass is 10.1. The largest absolute Gasteiger partial charge is 0.496 e. The number of fused-ring (bicyclic) bond motifs is 1. The molecule has 0 bridgehead atoms. The fourth-order valence-corrected chi connectivity index (χ4v) is 2.90. The van der Waals surface area contributed by atoms with Crippen LogP contribution in [0.2, 0.25) is 0 Å². The van der Waals surface area contributed by atoms with Crippen molar-refractivity contribution in [3.05, 3.63) is 46.1 Å². The molecule has 0 spiro atoms. The Hall–Kier alpha value is -3.68. The number of benzene rings is 2. The van der Waals surface area contributed by atoms with Crippen molar-refractivity contribution in [2.24, 2.45) is 0 Å². The van der Waals surface area contributed by atoms with E-state index in [4.69, 9.17) is 23.4 Å². The fourth-order valence-electron chi connectivity index (χ4n) is 2.90. The van der Waals surface area contributed by atoms with Crippen LogP contribution in [0.1, 0.15) is 10.4 Å². The molecule has 3 aromatic rings. The van der Waals surface area contributed by atoms with Crippen LogP contribution in [0.15, 0.2) is 39.5 Å². The van der Waals surface area contributed by atoms with Gasteiger partial charge in [0, 0.05) is 5.56 Å². The van der Waals surface area contributed by atoms with Crippen LogP contribution in [0.3, 0.4) is 0 Å². The lowest BCUT2D eigenvalue weighted by molar-refractivity contribution is 0.0696. The van der Waals surface area contributed by atoms with E-state index in [1.165, 1.54) is 40.6 Å². The van der Waals surface area contributed by atoms with Crippen LogP contribution in [-0.4, -0.2) is 39.5 Å². The van der Waals surface area contributed by atoms with Gasteiger partial charge in [0.2, 0.25) is 11.2 Å². The number of hydrogen-bond donors (Lipinski definition) is 1. The molecule has 0 aliphatic rings. The maximum atomic E-state index is 13.0. The highest BCUT2D eigenvalue weighted by Crippen LogP contribution is 2.38. The maximum Gasteiger partial charge on any atom is 0.335 e. The zero-order valence-corrected chi connectivity index (χ0v) is 15.7. The molecular weight excluding hydrogens is 368 g/mol. The molecule has 2 aromatic carbocycles. The first-order chi connectivity index (χ1) is 13.4. The smallest absolute Gasteiger partial charge is 0.335 e. The minimum Gasteiger partial charge on any atom is -0.496 e. The van der Waals surface area contributed by atoms with Crippen molar-refractivity contribution in [2.45, 2.75) is 0 Å². The first kappa shape index (κ1) is 19.1. The number of rotatable bonds is 6. The Labute approximate surface area is 159 Å². The van der Waals surface area contributed by atoms with Crippen LogP contribution in [0.5, 0.6) is 23.0 Å². The predicted octanol–water partition coefficient (Wildman–Crippen LogP) is 3.19. The Morgan fingerprint density at radius 1 is 0.893 bits per heavy atom. The molecule has 0 aliphatic heterocycles. The van der Waals surface area contributed by atoms with E-state index in [1.807, 2.05) is 0 Å². The van der Waals surface area contributed by atoms with Gasteiger partial charge in [0.05, 0.1) is 34.0 Å². The molecule has 0 radical (unpaired) electrons. The Kier molecular flexibility index (Phi) is 5.12. The topological polar surface area (TPSA) is 104 Å². The van der Waals surface area contributed by atoms with Crippen molar-refractivity contribution in [2.75, 3.05) is 28.4 Å². The van der Waals surface area contributed by atoms with Crippen LogP contribution in [0.4, 0.5) is 0 Å².